The highest BCUT2D eigenvalue weighted by atomic mass is 16.2. The molecule has 7 nitrogen and oxygen atoms in total. The Kier molecular flexibility index (Phi) is 3.04. The van der Waals surface area contributed by atoms with E-state index in [1.54, 1.807) is 0 Å². The summed E-state index contributed by atoms with van der Waals surface area (Å²) in [5.41, 5.74) is -1.08. The number of hydrogen-bond donors (Lipinski definition) is 4. The lowest BCUT2D eigenvalue weighted by atomic mass is 10.00. The van der Waals surface area contributed by atoms with Crippen molar-refractivity contribution in [2.75, 3.05) is 11.9 Å². The molecule has 0 radical (unpaired) electrons. The largest absolute Gasteiger partial charge is 0.360 e. The number of H-pyrrole nitrogens is 2. The van der Waals surface area contributed by atoms with E-state index in [0.717, 1.165) is 19.4 Å². The molecule has 1 aliphatic heterocycles. The van der Waals surface area contributed by atoms with Crippen molar-refractivity contribution in [3.05, 3.63) is 20.8 Å². The van der Waals surface area contributed by atoms with Crippen LogP contribution >= 0.6 is 0 Å². The van der Waals surface area contributed by atoms with Crippen molar-refractivity contribution < 1.29 is 0 Å². The van der Waals surface area contributed by atoms with Gasteiger partial charge in [0.25, 0.3) is 5.56 Å². The first kappa shape index (κ1) is 10.9. The number of aromatic nitrogens is 3. The summed E-state index contributed by atoms with van der Waals surface area (Å²) in [4.78, 5) is 24.3. The molecule has 2 rings (SSSR count). The normalized spacial score (nSPS) is 25.3. The van der Waals surface area contributed by atoms with E-state index in [4.69, 9.17) is 0 Å². The van der Waals surface area contributed by atoms with E-state index in [2.05, 4.69) is 32.7 Å². The lowest BCUT2D eigenvalue weighted by Gasteiger charge is -2.30. The van der Waals surface area contributed by atoms with Crippen molar-refractivity contribution in [2.24, 2.45) is 0 Å². The van der Waals surface area contributed by atoms with Gasteiger partial charge in [0.05, 0.1) is 0 Å². The molecule has 0 amide bonds. The fraction of sp³-hybridized carbons (Fsp3) is 0.667. The Morgan fingerprint density at radius 2 is 2.25 bits per heavy atom. The first-order valence-corrected chi connectivity index (χ1v) is 5.36. The molecule has 0 bridgehead atoms. The zero-order valence-corrected chi connectivity index (χ0v) is 9.04. The molecular weight excluding hydrogens is 210 g/mol. The van der Waals surface area contributed by atoms with Gasteiger partial charge in [0, 0.05) is 12.1 Å². The summed E-state index contributed by atoms with van der Waals surface area (Å²) < 4.78 is 0. The topological polar surface area (TPSA) is 103 Å². The van der Waals surface area contributed by atoms with Crippen LogP contribution in [0.3, 0.4) is 0 Å². The Hall–Kier alpha value is -1.63. The van der Waals surface area contributed by atoms with Gasteiger partial charge in [-0.25, -0.2) is 9.89 Å². The maximum Gasteiger partial charge on any atom is 0.342 e. The molecule has 1 saturated heterocycles. The third kappa shape index (κ3) is 2.30. The zero-order valence-electron chi connectivity index (χ0n) is 9.04. The minimum atomic E-state index is -0.592. The predicted octanol–water partition coefficient (Wildman–Crippen LogP) is -0.989. The van der Waals surface area contributed by atoms with Crippen LogP contribution in [0.1, 0.15) is 19.8 Å². The summed E-state index contributed by atoms with van der Waals surface area (Å²) in [5.74, 6) is 0.167. The molecule has 2 heterocycles. The van der Waals surface area contributed by atoms with Gasteiger partial charge in [0.15, 0.2) is 0 Å². The molecular formula is C9H15N5O2. The molecule has 0 aliphatic carbocycles. The number of anilines is 1. The molecule has 16 heavy (non-hydrogen) atoms. The summed E-state index contributed by atoms with van der Waals surface area (Å²) in [5, 5.41) is 12.2. The second-order valence-corrected chi connectivity index (χ2v) is 3.99. The number of nitrogens with zero attached hydrogens (tertiary/aromatic N) is 1. The Bertz CT molecular complexity index is 465. The van der Waals surface area contributed by atoms with E-state index in [9.17, 15) is 9.59 Å². The van der Waals surface area contributed by atoms with Crippen molar-refractivity contribution in [1.29, 1.82) is 0 Å². The second-order valence-electron chi connectivity index (χ2n) is 3.99. The van der Waals surface area contributed by atoms with Crippen LogP contribution in [-0.2, 0) is 0 Å². The fourth-order valence-corrected chi connectivity index (χ4v) is 1.86. The Morgan fingerprint density at radius 3 is 2.94 bits per heavy atom. The average molecular weight is 225 g/mol. The first-order chi connectivity index (χ1) is 7.66. The third-order valence-electron chi connectivity index (χ3n) is 2.80. The third-order valence-corrected chi connectivity index (χ3v) is 2.80. The second kappa shape index (κ2) is 4.48. The van der Waals surface area contributed by atoms with Gasteiger partial charge >= 0.3 is 5.69 Å². The quantitative estimate of drug-likeness (QED) is 0.517. The van der Waals surface area contributed by atoms with Crippen LogP contribution in [0, 0.1) is 0 Å². The Labute approximate surface area is 91.7 Å². The van der Waals surface area contributed by atoms with Gasteiger partial charge in [0.2, 0.25) is 5.82 Å². The maximum absolute atomic E-state index is 11.4. The van der Waals surface area contributed by atoms with Gasteiger partial charge in [-0.15, -0.1) is 5.10 Å². The monoisotopic (exact) mass is 225 g/mol. The van der Waals surface area contributed by atoms with Crippen LogP contribution in [0.4, 0.5) is 5.82 Å². The maximum atomic E-state index is 11.4. The lowest BCUT2D eigenvalue weighted by Crippen LogP contribution is -2.47. The SMILES string of the molecule is CC1NCCCC1Nc1n[nH]c(=O)[nH]c1=O. The molecule has 1 aromatic heterocycles. The van der Waals surface area contributed by atoms with Crippen molar-refractivity contribution >= 4 is 5.82 Å². The lowest BCUT2D eigenvalue weighted by molar-refractivity contribution is 0.388. The highest BCUT2D eigenvalue weighted by molar-refractivity contribution is 5.31. The molecule has 1 aromatic rings. The van der Waals surface area contributed by atoms with Crippen molar-refractivity contribution in [3.8, 4) is 0 Å². The predicted molar refractivity (Wildman–Crippen MR) is 59.6 cm³/mol. The van der Waals surface area contributed by atoms with Crippen LogP contribution < -0.4 is 21.9 Å². The Morgan fingerprint density at radius 1 is 1.44 bits per heavy atom. The van der Waals surface area contributed by atoms with Crippen molar-refractivity contribution in [1.82, 2.24) is 20.5 Å². The highest BCUT2D eigenvalue weighted by Crippen LogP contribution is 2.11. The minimum Gasteiger partial charge on any atom is -0.360 e. The molecule has 0 saturated carbocycles. The number of piperidine rings is 1. The standard InChI is InChI=1S/C9H15N5O2/c1-5-6(3-2-4-10-5)11-7-8(15)12-9(16)14-13-7/h5-6,10H,2-4H2,1H3,(H,11,13)(H2,12,14,15,16). The zero-order chi connectivity index (χ0) is 11.5. The van der Waals surface area contributed by atoms with E-state index in [1.165, 1.54) is 0 Å². The molecule has 4 N–H and O–H groups in total. The van der Waals surface area contributed by atoms with Gasteiger partial charge in [-0.3, -0.25) is 9.78 Å². The van der Waals surface area contributed by atoms with Crippen LogP contribution in [0.2, 0.25) is 0 Å². The van der Waals surface area contributed by atoms with Gasteiger partial charge in [0.1, 0.15) is 0 Å². The highest BCUT2D eigenvalue weighted by Gasteiger charge is 2.21. The number of rotatable bonds is 2. The minimum absolute atomic E-state index is 0.160. The number of nitrogens with one attached hydrogen (secondary N) is 4. The fourth-order valence-electron chi connectivity index (χ4n) is 1.86. The average Bonchev–Trinajstić information content (AvgIpc) is 2.25. The van der Waals surface area contributed by atoms with Crippen LogP contribution in [-0.4, -0.2) is 33.8 Å². The summed E-state index contributed by atoms with van der Waals surface area (Å²) in [7, 11) is 0. The molecule has 1 aliphatic rings. The van der Waals surface area contributed by atoms with Crippen LogP contribution in [0.15, 0.2) is 9.59 Å². The molecule has 0 spiro atoms. The number of aromatic amines is 2. The molecule has 2 atom stereocenters. The van der Waals surface area contributed by atoms with Gasteiger partial charge < -0.3 is 10.6 Å². The van der Waals surface area contributed by atoms with Crippen molar-refractivity contribution in [2.45, 2.75) is 31.8 Å². The van der Waals surface area contributed by atoms with Gasteiger partial charge in [-0.05, 0) is 26.3 Å². The smallest absolute Gasteiger partial charge is 0.342 e. The van der Waals surface area contributed by atoms with E-state index in [1.807, 2.05) is 0 Å². The van der Waals surface area contributed by atoms with E-state index < -0.39 is 11.2 Å². The van der Waals surface area contributed by atoms with Gasteiger partial charge in [-0.2, -0.15) is 0 Å². The van der Waals surface area contributed by atoms with E-state index >= 15 is 0 Å². The van der Waals surface area contributed by atoms with Crippen LogP contribution in [0.5, 0.6) is 0 Å². The first-order valence-electron chi connectivity index (χ1n) is 5.36. The molecule has 7 heteroatoms. The summed E-state index contributed by atoms with van der Waals surface area (Å²) in [6.07, 6.45) is 2.04. The van der Waals surface area contributed by atoms with Crippen LogP contribution in [0.25, 0.3) is 0 Å². The summed E-state index contributed by atoms with van der Waals surface area (Å²) >= 11 is 0. The van der Waals surface area contributed by atoms with E-state index in [-0.39, 0.29) is 17.9 Å². The molecule has 2 unspecified atom stereocenters. The summed E-state index contributed by atoms with van der Waals surface area (Å²) in [6.45, 7) is 3.05. The Balaban J connectivity index is 2.14. The molecule has 88 valence electrons. The summed E-state index contributed by atoms with van der Waals surface area (Å²) in [6, 6.07) is 0.440. The van der Waals surface area contributed by atoms with Gasteiger partial charge in [-0.1, -0.05) is 0 Å². The van der Waals surface area contributed by atoms with Crippen molar-refractivity contribution in [3.63, 3.8) is 0 Å². The molecule has 1 fully saturated rings. The van der Waals surface area contributed by atoms with E-state index in [0.29, 0.717) is 0 Å². The number of hydrogen-bond acceptors (Lipinski definition) is 5. The molecule has 0 aromatic carbocycles.